The van der Waals surface area contributed by atoms with Crippen LogP contribution in [-0.4, -0.2) is 18.9 Å². The van der Waals surface area contributed by atoms with Gasteiger partial charge in [-0.25, -0.2) is 0 Å². The van der Waals surface area contributed by atoms with Crippen LogP contribution in [0.1, 0.15) is 29.8 Å². The molecule has 0 bridgehead atoms. The van der Waals surface area contributed by atoms with Crippen LogP contribution in [-0.2, 0) is 4.79 Å². The van der Waals surface area contributed by atoms with Crippen LogP contribution in [0.2, 0.25) is 0 Å². The van der Waals surface area contributed by atoms with E-state index >= 15 is 0 Å². The number of benzene rings is 2. The van der Waals surface area contributed by atoms with E-state index in [4.69, 9.17) is 4.74 Å². The number of hydrogen-bond donors (Lipinski definition) is 1. The largest absolute Gasteiger partial charge is 0.454 e. The highest BCUT2D eigenvalue weighted by Crippen LogP contribution is 2.39. The lowest BCUT2D eigenvalue weighted by Crippen LogP contribution is -2.25. The maximum Gasteiger partial charge on any atom is 0.261 e. The van der Waals surface area contributed by atoms with Gasteiger partial charge in [-0.2, -0.15) is 0 Å². The minimum absolute atomic E-state index is 0.0933. The number of nitrogens with one attached hydrogen (secondary N) is 1. The molecule has 0 spiro atoms. The van der Waals surface area contributed by atoms with Crippen LogP contribution in [0, 0.1) is 12.8 Å². The van der Waals surface area contributed by atoms with Gasteiger partial charge < -0.3 is 15.0 Å². The monoisotopic (exact) mass is 324 g/mol. The Kier molecular flexibility index (Phi) is 4.01. The Labute approximate surface area is 141 Å². The third-order valence-corrected chi connectivity index (χ3v) is 4.00. The molecule has 1 aliphatic heterocycles. The molecule has 0 unspecified atom stereocenters. The number of carbonyl (C=O) groups is 2. The van der Waals surface area contributed by atoms with Crippen LogP contribution in [0.25, 0.3) is 0 Å². The van der Waals surface area contributed by atoms with Crippen molar-refractivity contribution in [2.75, 3.05) is 17.3 Å². The van der Waals surface area contributed by atoms with E-state index in [0.717, 1.165) is 11.3 Å². The molecule has 1 aliphatic rings. The molecule has 0 aromatic heterocycles. The van der Waals surface area contributed by atoms with Crippen LogP contribution < -0.4 is 15.0 Å². The van der Waals surface area contributed by atoms with Gasteiger partial charge in [-0.1, -0.05) is 19.9 Å². The van der Waals surface area contributed by atoms with Gasteiger partial charge in [-0.05, 0) is 42.8 Å². The fourth-order valence-corrected chi connectivity index (χ4v) is 2.53. The molecule has 0 aliphatic carbocycles. The summed E-state index contributed by atoms with van der Waals surface area (Å²) < 4.78 is 5.93. The molecule has 0 fully saturated rings. The molecule has 24 heavy (non-hydrogen) atoms. The predicted molar refractivity (Wildman–Crippen MR) is 93.9 cm³/mol. The van der Waals surface area contributed by atoms with E-state index in [1.807, 2.05) is 39.0 Å². The van der Waals surface area contributed by atoms with Crippen molar-refractivity contribution < 1.29 is 14.3 Å². The van der Waals surface area contributed by atoms with E-state index in [9.17, 15) is 9.59 Å². The van der Waals surface area contributed by atoms with Crippen molar-refractivity contribution in [3.05, 3.63) is 47.5 Å². The summed E-state index contributed by atoms with van der Waals surface area (Å²) in [5, 5.41) is 2.81. The SMILES string of the molecule is Cc1ccc2c(c1)N(C)C(=O)c1cc(NC(=O)C(C)C)ccc1O2. The van der Waals surface area contributed by atoms with Gasteiger partial charge in [0.25, 0.3) is 5.91 Å². The fraction of sp³-hybridized carbons (Fsp3) is 0.263. The molecule has 2 aromatic carbocycles. The van der Waals surface area contributed by atoms with Gasteiger partial charge in [0.2, 0.25) is 5.91 Å². The molecular weight excluding hydrogens is 304 g/mol. The van der Waals surface area contributed by atoms with Gasteiger partial charge in [0, 0.05) is 18.7 Å². The summed E-state index contributed by atoms with van der Waals surface area (Å²) >= 11 is 0. The van der Waals surface area contributed by atoms with E-state index in [1.54, 1.807) is 30.1 Å². The Morgan fingerprint density at radius 3 is 2.54 bits per heavy atom. The van der Waals surface area contributed by atoms with E-state index in [1.165, 1.54) is 0 Å². The minimum Gasteiger partial charge on any atom is -0.454 e. The third-order valence-electron chi connectivity index (χ3n) is 4.00. The number of amides is 2. The maximum absolute atomic E-state index is 12.8. The van der Waals surface area contributed by atoms with Gasteiger partial charge >= 0.3 is 0 Å². The molecule has 0 saturated carbocycles. The zero-order valence-corrected chi connectivity index (χ0v) is 14.2. The average molecular weight is 324 g/mol. The Morgan fingerprint density at radius 2 is 1.83 bits per heavy atom. The molecule has 124 valence electrons. The van der Waals surface area contributed by atoms with Crippen molar-refractivity contribution in [1.29, 1.82) is 0 Å². The number of rotatable bonds is 2. The zero-order valence-electron chi connectivity index (χ0n) is 14.2. The Morgan fingerprint density at radius 1 is 1.12 bits per heavy atom. The molecular formula is C19H20N2O3. The molecule has 1 heterocycles. The standard InChI is InChI=1S/C19H20N2O3/c1-11(2)18(22)20-13-6-8-16-14(10-13)19(23)21(4)15-9-12(3)5-7-17(15)24-16/h5-11H,1-4H3,(H,20,22). The van der Waals surface area contributed by atoms with E-state index < -0.39 is 0 Å². The molecule has 5 heteroatoms. The van der Waals surface area contributed by atoms with Crippen molar-refractivity contribution >= 4 is 23.2 Å². The molecule has 1 N–H and O–H groups in total. The first-order valence-corrected chi connectivity index (χ1v) is 7.88. The summed E-state index contributed by atoms with van der Waals surface area (Å²) in [6.45, 7) is 5.61. The van der Waals surface area contributed by atoms with Crippen LogP contribution >= 0.6 is 0 Å². The van der Waals surface area contributed by atoms with Crippen LogP contribution in [0.5, 0.6) is 11.5 Å². The van der Waals surface area contributed by atoms with Crippen LogP contribution in [0.4, 0.5) is 11.4 Å². The first kappa shape index (κ1) is 16.1. The number of hydrogen-bond acceptors (Lipinski definition) is 3. The van der Waals surface area contributed by atoms with Crippen molar-refractivity contribution in [1.82, 2.24) is 0 Å². The lowest BCUT2D eigenvalue weighted by Gasteiger charge is -2.17. The first-order chi connectivity index (χ1) is 11.4. The number of aryl methyl sites for hydroxylation is 1. The number of fused-ring (bicyclic) bond motifs is 2. The summed E-state index contributed by atoms with van der Waals surface area (Å²) in [6.07, 6.45) is 0. The molecule has 2 aromatic rings. The highest BCUT2D eigenvalue weighted by molar-refractivity contribution is 6.10. The maximum atomic E-state index is 12.8. The van der Waals surface area contributed by atoms with Crippen LogP contribution in [0.3, 0.4) is 0 Å². The summed E-state index contributed by atoms with van der Waals surface area (Å²) in [6, 6.07) is 10.8. The van der Waals surface area contributed by atoms with Crippen LogP contribution in [0.15, 0.2) is 36.4 Å². The normalized spacial score (nSPS) is 13.0. The lowest BCUT2D eigenvalue weighted by atomic mass is 10.1. The quantitative estimate of drug-likeness (QED) is 0.909. The highest BCUT2D eigenvalue weighted by atomic mass is 16.5. The van der Waals surface area contributed by atoms with Gasteiger partial charge in [0.1, 0.15) is 5.75 Å². The minimum atomic E-state index is -0.171. The second-order valence-electron chi connectivity index (χ2n) is 6.29. The predicted octanol–water partition coefficient (Wildman–Crippen LogP) is 3.97. The Balaban J connectivity index is 2.02. The first-order valence-electron chi connectivity index (χ1n) is 7.88. The fourth-order valence-electron chi connectivity index (χ4n) is 2.53. The van der Waals surface area contributed by atoms with Crippen molar-refractivity contribution in [2.24, 2.45) is 5.92 Å². The van der Waals surface area contributed by atoms with E-state index in [2.05, 4.69) is 5.32 Å². The summed E-state index contributed by atoms with van der Waals surface area (Å²) in [4.78, 5) is 26.3. The summed E-state index contributed by atoms with van der Waals surface area (Å²) in [5.74, 6) is 0.719. The molecule has 0 saturated heterocycles. The number of ether oxygens (including phenoxy) is 1. The van der Waals surface area contributed by atoms with Gasteiger partial charge in [-0.3, -0.25) is 9.59 Å². The van der Waals surface area contributed by atoms with Gasteiger partial charge in [0.15, 0.2) is 5.75 Å². The second-order valence-corrected chi connectivity index (χ2v) is 6.29. The highest BCUT2D eigenvalue weighted by Gasteiger charge is 2.26. The van der Waals surface area contributed by atoms with Crippen molar-refractivity contribution in [3.8, 4) is 11.5 Å². The van der Waals surface area contributed by atoms with Gasteiger partial charge in [0.05, 0.1) is 11.3 Å². The molecule has 5 nitrogen and oxygen atoms in total. The smallest absolute Gasteiger partial charge is 0.261 e. The number of anilines is 2. The second kappa shape index (κ2) is 6.00. The molecule has 0 radical (unpaired) electrons. The van der Waals surface area contributed by atoms with Gasteiger partial charge in [-0.15, -0.1) is 0 Å². The average Bonchev–Trinajstić information content (AvgIpc) is 2.64. The Hall–Kier alpha value is -2.82. The van der Waals surface area contributed by atoms with E-state index in [0.29, 0.717) is 22.7 Å². The molecule has 0 atom stereocenters. The number of carbonyl (C=O) groups excluding carboxylic acids is 2. The van der Waals surface area contributed by atoms with Crippen molar-refractivity contribution in [3.63, 3.8) is 0 Å². The third kappa shape index (κ3) is 2.85. The number of nitrogens with zero attached hydrogens (tertiary/aromatic N) is 1. The molecule has 2 amide bonds. The topological polar surface area (TPSA) is 58.6 Å². The van der Waals surface area contributed by atoms with E-state index in [-0.39, 0.29) is 17.7 Å². The zero-order chi connectivity index (χ0) is 17.4. The lowest BCUT2D eigenvalue weighted by molar-refractivity contribution is -0.118. The van der Waals surface area contributed by atoms with Crippen molar-refractivity contribution in [2.45, 2.75) is 20.8 Å². The molecule has 3 rings (SSSR count). The summed E-state index contributed by atoms with van der Waals surface area (Å²) in [7, 11) is 1.72. The Bertz CT molecular complexity index is 827. The summed E-state index contributed by atoms with van der Waals surface area (Å²) in [5.41, 5.74) is 2.78.